The van der Waals surface area contributed by atoms with Gasteiger partial charge in [0, 0.05) is 23.6 Å². The Hall–Kier alpha value is -2.41. The van der Waals surface area contributed by atoms with Gasteiger partial charge in [0.05, 0.1) is 13.2 Å². The van der Waals surface area contributed by atoms with Crippen LogP contribution in [0.25, 0.3) is 0 Å². The minimum Gasteiger partial charge on any atom is -0.493 e. The maximum Gasteiger partial charge on any atom is 0.255 e. The van der Waals surface area contributed by atoms with E-state index in [0.29, 0.717) is 25.1 Å². The number of piperidine rings is 1. The van der Waals surface area contributed by atoms with Gasteiger partial charge in [-0.1, -0.05) is 44.6 Å². The number of nitrogens with zero attached hydrogens (tertiary/aromatic N) is 1. The molecule has 7 heteroatoms. The summed E-state index contributed by atoms with van der Waals surface area (Å²) >= 11 is 0. The number of hydrogen-bond acceptors (Lipinski definition) is 5. The van der Waals surface area contributed by atoms with Crippen LogP contribution >= 0.6 is 0 Å². The molecule has 2 N–H and O–H groups in total. The Morgan fingerprint density at radius 1 is 0.970 bits per heavy atom. The van der Waals surface area contributed by atoms with Gasteiger partial charge in [0.1, 0.15) is 11.8 Å². The van der Waals surface area contributed by atoms with Crippen LogP contribution in [-0.4, -0.2) is 47.9 Å². The average molecular weight is 456 g/mol. The number of unbranched alkanes of at least 4 members (excludes halogenated alkanes) is 4. The number of imide groups is 1. The van der Waals surface area contributed by atoms with Crippen LogP contribution < -0.4 is 15.4 Å². The smallest absolute Gasteiger partial charge is 0.255 e. The summed E-state index contributed by atoms with van der Waals surface area (Å²) in [7, 11) is 0. The van der Waals surface area contributed by atoms with Gasteiger partial charge in [-0.3, -0.25) is 19.7 Å². The second-order valence-electron chi connectivity index (χ2n) is 9.59. The predicted molar refractivity (Wildman–Crippen MR) is 126 cm³/mol. The molecule has 7 nitrogen and oxygen atoms in total. The molecule has 3 amide bonds. The first-order valence-corrected chi connectivity index (χ1v) is 12.8. The molecular formula is C26H37N3O4. The fraction of sp³-hybridized carbons (Fsp3) is 0.654. The highest BCUT2D eigenvalue weighted by Gasteiger charge is 2.40. The highest BCUT2D eigenvalue weighted by atomic mass is 16.5. The minimum atomic E-state index is -0.594. The summed E-state index contributed by atoms with van der Waals surface area (Å²) in [5.41, 5.74) is 1.45. The van der Waals surface area contributed by atoms with Gasteiger partial charge >= 0.3 is 0 Å². The summed E-state index contributed by atoms with van der Waals surface area (Å²) in [6, 6.07) is 5.68. The third-order valence-corrected chi connectivity index (χ3v) is 7.16. The number of hydrogen-bond donors (Lipinski definition) is 2. The quantitative estimate of drug-likeness (QED) is 0.392. The van der Waals surface area contributed by atoms with Crippen LogP contribution in [0.4, 0.5) is 0 Å². The lowest BCUT2D eigenvalue weighted by atomic mass is 9.95. The number of rotatable bonds is 11. The summed E-state index contributed by atoms with van der Waals surface area (Å²) in [5, 5.41) is 6.05. The van der Waals surface area contributed by atoms with Crippen molar-refractivity contribution in [2.75, 3.05) is 13.2 Å². The molecule has 33 heavy (non-hydrogen) atoms. The molecule has 1 unspecified atom stereocenters. The Balaban J connectivity index is 1.16. The van der Waals surface area contributed by atoms with E-state index in [0.717, 1.165) is 36.7 Å². The molecule has 0 bridgehead atoms. The van der Waals surface area contributed by atoms with Crippen molar-refractivity contribution >= 4 is 17.7 Å². The average Bonchev–Trinajstić information content (AvgIpc) is 3.15. The minimum absolute atomic E-state index is 0.160. The zero-order valence-electron chi connectivity index (χ0n) is 19.6. The third kappa shape index (κ3) is 6.14. The van der Waals surface area contributed by atoms with Gasteiger partial charge in [-0.15, -0.1) is 0 Å². The van der Waals surface area contributed by atoms with E-state index < -0.39 is 6.04 Å². The summed E-state index contributed by atoms with van der Waals surface area (Å²) in [6.45, 7) is 2.11. The Labute approximate surface area is 196 Å². The monoisotopic (exact) mass is 455 g/mol. The zero-order valence-corrected chi connectivity index (χ0v) is 19.6. The van der Waals surface area contributed by atoms with Gasteiger partial charge in [0.15, 0.2) is 0 Å². The Kier molecular flexibility index (Phi) is 8.37. The molecule has 1 aromatic rings. The molecule has 1 atom stereocenters. The summed E-state index contributed by atoms with van der Waals surface area (Å²) in [4.78, 5) is 38.1. The second kappa shape index (κ2) is 11.6. The molecule has 180 valence electrons. The van der Waals surface area contributed by atoms with Crippen LogP contribution in [-0.2, 0) is 16.1 Å². The van der Waals surface area contributed by atoms with Gasteiger partial charge < -0.3 is 15.0 Å². The van der Waals surface area contributed by atoms with Crippen molar-refractivity contribution in [2.45, 2.75) is 95.7 Å². The van der Waals surface area contributed by atoms with E-state index in [2.05, 4.69) is 10.6 Å². The normalized spacial score (nSPS) is 21.3. The number of fused-ring (bicyclic) bond motifs is 1. The number of nitrogens with one attached hydrogen (secondary N) is 2. The summed E-state index contributed by atoms with van der Waals surface area (Å²) < 4.78 is 6.04. The van der Waals surface area contributed by atoms with Crippen molar-refractivity contribution in [3.8, 4) is 5.75 Å². The molecule has 3 aliphatic rings. The van der Waals surface area contributed by atoms with Crippen molar-refractivity contribution in [3.63, 3.8) is 0 Å². The van der Waals surface area contributed by atoms with Crippen LogP contribution in [0, 0.1) is 0 Å². The van der Waals surface area contributed by atoms with E-state index in [1.807, 2.05) is 12.1 Å². The Morgan fingerprint density at radius 3 is 2.58 bits per heavy atom. The van der Waals surface area contributed by atoms with E-state index in [-0.39, 0.29) is 24.1 Å². The zero-order chi connectivity index (χ0) is 23.0. The maximum absolute atomic E-state index is 12.9. The molecule has 1 aliphatic carbocycles. The molecule has 2 aliphatic heterocycles. The van der Waals surface area contributed by atoms with Crippen molar-refractivity contribution in [1.82, 2.24) is 15.5 Å². The van der Waals surface area contributed by atoms with Gasteiger partial charge in [-0.25, -0.2) is 0 Å². The lowest BCUT2D eigenvalue weighted by Gasteiger charge is -2.29. The molecule has 1 saturated heterocycles. The molecule has 0 spiro atoms. The van der Waals surface area contributed by atoms with Gasteiger partial charge in [0.2, 0.25) is 11.8 Å². The Morgan fingerprint density at radius 2 is 1.76 bits per heavy atom. The van der Waals surface area contributed by atoms with Crippen LogP contribution in [0.1, 0.15) is 93.0 Å². The van der Waals surface area contributed by atoms with E-state index in [9.17, 15) is 14.4 Å². The molecule has 2 fully saturated rings. The fourth-order valence-corrected chi connectivity index (χ4v) is 5.24. The highest BCUT2D eigenvalue weighted by Crippen LogP contribution is 2.33. The van der Waals surface area contributed by atoms with Crippen molar-refractivity contribution in [3.05, 3.63) is 29.3 Å². The van der Waals surface area contributed by atoms with Crippen LogP contribution in [0.5, 0.6) is 5.75 Å². The number of ether oxygens (including phenoxy) is 1. The third-order valence-electron chi connectivity index (χ3n) is 7.16. The van der Waals surface area contributed by atoms with Gasteiger partial charge in [-0.05, 0) is 50.8 Å². The van der Waals surface area contributed by atoms with Crippen molar-refractivity contribution < 1.29 is 19.1 Å². The molecular weight excluding hydrogens is 418 g/mol. The lowest BCUT2D eigenvalue weighted by Crippen LogP contribution is -2.52. The van der Waals surface area contributed by atoms with Crippen molar-refractivity contribution in [2.24, 2.45) is 0 Å². The standard InChI is InChI=1S/C26H37N3O4/c30-24-15-14-22(25(31)28-24)29-18-21-20(26(29)32)12-9-13-23(21)33-17-8-3-1-2-7-16-27-19-10-5-4-6-11-19/h9,12-13,19,22,27H,1-8,10-11,14-18H2,(H,28,30,31). The first kappa shape index (κ1) is 23.7. The largest absolute Gasteiger partial charge is 0.493 e. The van der Waals surface area contributed by atoms with Gasteiger partial charge in [0.25, 0.3) is 5.91 Å². The summed E-state index contributed by atoms with van der Waals surface area (Å²) in [6.07, 6.45) is 13.3. The summed E-state index contributed by atoms with van der Waals surface area (Å²) in [5.74, 6) is -0.0900. The van der Waals surface area contributed by atoms with Crippen LogP contribution in [0.3, 0.4) is 0 Å². The Bertz CT molecular complexity index is 850. The number of carbonyl (C=O) groups is 3. The number of carbonyl (C=O) groups excluding carboxylic acids is 3. The van der Waals surface area contributed by atoms with E-state index in [1.165, 1.54) is 51.4 Å². The fourth-order valence-electron chi connectivity index (χ4n) is 5.24. The molecule has 2 heterocycles. The molecule has 0 radical (unpaired) electrons. The first-order chi connectivity index (χ1) is 16.1. The van der Waals surface area contributed by atoms with E-state index in [1.54, 1.807) is 11.0 Å². The first-order valence-electron chi connectivity index (χ1n) is 12.8. The van der Waals surface area contributed by atoms with E-state index in [4.69, 9.17) is 4.74 Å². The SMILES string of the molecule is O=C1CCC(N2Cc3c(OCCCCCCCNC4CCCCC4)cccc3C2=O)C(=O)N1. The van der Waals surface area contributed by atoms with Gasteiger partial charge in [-0.2, -0.15) is 0 Å². The molecule has 1 saturated carbocycles. The predicted octanol–water partition coefficient (Wildman–Crippen LogP) is 3.70. The van der Waals surface area contributed by atoms with E-state index >= 15 is 0 Å². The lowest BCUT2D eigenvalue weighted by molar-refractivity contribution is -0.136. The van der Waals surface area contributed by atoms with Crippen LogP contribution in [0.15, 0.2) is 18.2 Å². The number of amides is 3. The second-order valence-corrected chi connectivity index (χ2v) is 9.59. The molecule has 0 aromatic heterocycles. The highest BCUT2D eigenvalue weighted by molar-refractivity contribution is 6.05. The molecule has 4 rings (SSSR count). The molecule has 1 aromatic carbocycles. The number of benzene rings is 1. The van der Waals surface area contributed by atoms with Crippen LogP contribution in [0.2, 0.25) is 0 Å². The maximum atomic E-state index is 12.9. The van der Waals surface area contributed by atoms with Crippen molar-refractivity contribution in [1.29, 1.82) is 0 Å². The topological polar surface area (TPSA) is 87.7 Å².